The van der Waals surface area contributed by atoms with Crippen LogP contribution in [-0.2, 0) is 0 Å². The molecule has 0 spiro atoms. The molecule has 1 aromatic rings. The van der Waals surface area contributed by atoms with Crippen LogP contribution in [0, 0.1) is 5.92 Å². The number of benzene rings is 1. The molecule has 0 aromatic heterocycles. The van der Waals surface area contributed by atoms with Crippen LogP contribution in [-0.4, -0.2) is 5.11 Å². The van der Waals surface area contributed by atoms with Gasteiger partial charge in [-0.3, -0.25) is 0 Å². The Bertz CT molecular complexity index is 311. The van der Waals surface area contributed by atoms with Crippen LogP contribution in [0.4, 0.5) is 0 Å². The first-order chi connectivity index (χ1) is 7.70. The third kappa shape index (κ3) is 3.50. The van der Waals surface area contributed by atoms with Crippen LogP contribution in [0.2, 0.25) is 5.02 Å². The van der Waals surface area contributed by atoms with Crippen molar-refractivity contribution < 1.29 is 5.11 Å². The van der Waals surface area contributed by atoms with Gasteiger partial charge >= 0.3 is 0 Å². The van der Waals surface area contributed by atoms with E-state index in [0.717, 1.165) is 18.4 Å². The van der Waals surface area contributed by atoms with Gasteiger partial charge in [0.05, 0.1) is 6.10 Å². The van der Waals surface area contributed by atoms with Crippen molar-refractivity contribution in [1.29, 1.82) is 0 Å². The van der Waals surface area contributed by atoms with Crippen LogP contribution in [0.3, 0.4) is 0 Å². The number of rotatable bonds is 6. The van der Waals surface area contributed by atoms with E-state index in [-0.39, 0.29) is 0 Å². The van der Waals surface area contributed by atoms with Gasteiger partial charge in [0, 0.05) is 5.02 Å². The molecule has 0 heterocycles. The highest BCUT2D eigenvalue weighted by Gasteiger charge is 2.20. The van der Waals surface area contributed by atoms with Gasteiger partial charge in [0.25, 0.3) is 0 Å². The van der Waals surface area contributed by atoms with Gasteiger partial charge in [-0.05, 0) is 24.0 Å². The van der Waals surface area contributed by atoms with Crippen molar-refractivity contribution in [2.75, 3.05) is 0 Å². The van der Waals surface area contributed by atoms with Gasteiger partial charge in [-0.15, -0.1) is 0 Å². The number of aliphatic hydroxyl groups is 1. The zero-order chi connectivity index (χ0) is 12.0. The Kier molecular flexibility index (Phi) is 5.86. The molecule has 0 amide bonds. The molecule has 0 aliphatic carbocycles. The highest BCUT2D eigenvalue weighted by molar-refractivity contribution is 6.31. The van der Waals surface area contributed by atoms with Crippen molar-refractivity contribution in [3.8, 4) is 0 Å². The minimum Gasteiger partial charge on any atom is -0.388 e. The van der Waals surface area contributed by atoms with Crippen LogP contribution in [0.5, 0.6) is 0 Å². The highest BCUT2D eigenvalue weighted by atomic mass is 35.5. The van der Waals surface area contributed by atoms with Gasteiger partial charge in [-0.25, -0.2) is 0 Å². The lowest BCUT2D eigenvalue weighted by atomic mass is 9.89. The molecule has 1 nitrogen and oxygen atoms in total. The number of unbranched alkanes of at least 4 members (excludes halogenated alkanes) is 1. The van der Waals surface area contributed by atoms with E-state index >= 15 is 0 Å². The minimum absolute atomic E-state index is 0.319. The molecule has 1 N–H and O–H groups in total. The Morgan fingerprint density at radius 2 is 1.94 bits per heavy atom. The van der Waals surface area contributed by atoms with E-state index in [1.807, 2.05) is 24.3 Å². The van der Waals surface area contributed by atoms with Crippen molar-refractivity contribution in [3.05, 3.63) is 34.9 Å². The molecule has 0 aliphatic heterocycles. The Morgan fingerprint density at radius 1 is 1.25 bits per heavy atom. The fraction of sp³-hybridized carbons (Fsp3) is 0.571. The van der Waals surface area contributed by atoms with Crippen molar-refractivity contribution in [1.82, 2.24) is 0 Å². The largest absolute Gasteiger partial charge is 0.388 e. The normalized spacial score (nSPS) is 14.8. The van der Waals surface area contributed by atoms with E-state index in [1.54, 1.807) is 0 Å². The summed E-state index contributed by atoms with van der Waals surface area (Å²) in [4.78, 5) is 0. The third-order valence-corrected chi connectivity index (χ3v) is 3.47. The summed E-state index contributed by atoms with van der Waals surface area (Å²) in [5, 5.41) is 11.0. The molecule has 1 rings (SSSR count). The first kappa shape index (κ1) is 13.5. The minimum atomic E-state index is -0.426. The fourth-order valence-corrected chi connectivity index (χ4v) is 2.27. The average molecular weight is 241 g/mol. The van der Waals surface area contributed by atoms with E-state index < -0.39 is 6.10 Å². The van der Waals surface area contributed by atoms with E-state index in [9.17, 15) is 5.11 Å². The Morgan fingerprint density at radius 3 is 2.50 bits per heavy atom. The first-order valence-electron chi connectivity index (χ1n) is 6.13. The average Bonchev–Trinajstić information content (AvgIpc) is 2.30. The summed E-state index contributed by atoms with van der Waals surface area (Å²) in [5.74, 6) is 0.319. The van der Waals surface area contributed by atoms with Crippen LogP contribution in [0.15, 0.2) is 24.3 Å². The molecule has 0 fully saturated rings. The van der Waals surface area contributed by atoms with Crippen LogP contribution < -0.4 is 0 Å². The maximum absolute atomic E-state index is 10.3. The molecule has 0 aliphatic rings. The lowest BCUT2D eigenvalue weighted by molar-refractivity contribution is 0.0990. The van der Waals surface area contributed by atoms with Crippen LogP contribution in [0.25, 0.3) is 0 Å². The monoisotopic (exact) mass is 240 g/mol. The molecule has 0 bridgehead atoms. The smallest absolute Gasteiger partial charge is 0.0832 e. The Labute approximate surface area is 103 Å². The summed E-state index contributed by atoms with van der Waals surface area (Å²) in [7, 11) is 0. The van der Waals surface area contributed by atoms with Crippen molar-refractivity contribution in [3.63, 3.8) is 0 Å². The van der Waals surface area contributed by atoms with E-state index in [0.29, 0.717) is 10.9 Å². The zero-order valence-electron chi connectivity index (χ0n) is 10.1. The molecule has 0 saturated carbocycles. The Balaban J connectivity index is 2.74. The molecule has 16 heavy (non-hydrogen) atoms. The van der Waals surface area contributed by atoms with Gasteiger partial charge in [-0.2, -0.15) is 0 Å². The maximum Gasteiger partial charge on any atom is 0.0832 e. The molecule has 0 radical (unpaired) electrons. The zero-order valence-corrected chi connectivity index (χ0v) is 10.9. The second-order valence-electron chi connectivity index (χ2n) is 4.28. The topological polar surface area (TPSA) is 20.2 Å². The molecule has 0 saturated heterocycles. The summed E-state index contributed by atoms with van der Waals surface area (Å²) in [6.45, 7) is 4.30. The summed E-state index contributed by atoms with van der Waals surface area (Å²) in [5.41, 5.74) is 0.868. The van der Waals surface area contributed by atoms with Gasteiger partial charge in [-0.1, -0.05) is 62.9 Å². The molecular formula is C14H21ClO. The van der Waals surface area contributed by atoms with E-state index in [2.05, 4.69) is 13.8 Å². The first-order valence-corrected chi connectivity index (χ1v) is 6.51. The van der Waals surface area contributed by atoms with Crippen LogP contribution in [0.1, 0.15) is 51.2 Å². The second kappa shape index (κ2) is 6.93. The lowest BCUT2D eigenvalue weighted by Crippen LogP contribution is -2.12. The number of hydrogen-bond acceptors (Lipinski definition) is 1. The van der Waals surface area contributed by atoms with Gasteiger partial charge < -0.3 is 5.11 Å². The standard InChI is InChI=1S/C14H21ClO/c1-3-5-8-11(4-2)14(16)12-9-6-7-10-13(12)15/h6-7,9-11,14,16H,3-5,8H2,1-2H3. The molecular weight excluding hydrogens is 220 g/mol. The van der Waals surface area contributed by atoms with Crippen LogP contribution >= 0.6 is 11.6 Å². The predicted octanol–water partition coefficient (Wildman–Crippen LogP) is 4.59. The van der Waals surface area contributed by atoms with Gasteiger partial charge in [0.15, 0.2) is 0 Å². The number of halogens is 1. The van der Waals surface area contributed by atoms with Gasteiger partial charge in [0.1, 0.15) is 0 Å². The fourth-order valence-electron chi connectivity index (χ4n) is 2.02. The molecule has 2 atom stereocenters. The van der Waals surface area contributed by atoms with E-state index in [4.69, 9.17) is 11.6 Å². The second-order valence-corrected chi connectivity index (χ2v) is 4.68. The molecule has 2 unspecified atom stereocenters. The van der Waals surface area contributed by atoms with Crippen molar-refractivity contribution in [2.24, 2.45) is 5.92 Å². The van der Waals surface area contributed by atoms with Gasteiger partial charge in [0.2, 0.25) is 0 Å². The molecule has 90 valence electrons. The number of aliphatic hydroxyl groups excluding tert-OH is 1. The lowest BCUT2D eigenvalue weighted by Gasteiger charge is -2.22. The predicted molar refractivity (Wildman–Crippen MR) is 69.7 cm³/mol. The summed E-state index contributed by atoms with van der Waals surface area (Å²) >= 11 is 6.09. The quantitative estimate of drug-likeness (QED) is 0.771. The van der Waals surface area contributed by atoms with Crippen molar-refractivity contribution in [2.45, 2.75) is 45.6 Å². The summed E-state index contributed by atoms with van der Waals surface area (Å²) in [6, 6.07) is 7.58. The molecule has 1 aromatic carbocycles. The Hall–Kier alpha value is -0.530. The maximum atomic E-state index is 10.3. The highest BCUT2D eigenvalue weighted by Crippen LogP contribution is 2.32. The SMILES string of the molecule is CCCCC(CC)C(O)c1ccccc1Cl. The number of hydrogen-bond donors (Lipinski definition) is 1. The van der Waals surface area contributed by atoms with Crippen molar-refractivity contribution >= 4 is 11.6 Å². The van der Waals surface area contributed by atoms with E-state index in [1.165, 1.54) is 12.8 Å². The molecule has 2 heteroatoms. The summed E-state index contributed by atoms with van der Waals surface area (Å²) < 4.78 is 0. The third-order valence-electron chi connectivity index (χ3n) is 3.12. The summed E-state index contributed by atoms with van der Waals surface area (Å²) in [6.07, 6.45) is 3.97.